The van der Waals surface area contributed by atoms with Gasteiger partial charge < -0.3 is 9.47 Å². The molecule has 5 nitrogen and oxygen atoms in total. The van der Waals surface area contributed by atoms with Crippen LogP contribution in [-0.4, -0.2) is 34.5 Å². The number of rotatable bonds is 8. The number of esters is 1. The van der Waals surface area contributed by atoms with Crippen molar-refractivity contribution >= 4 is 17.7 Å². The van der Waals surface area contributed by atoms with Gasteiger partial charge >= 0.3 is 12.6 Å². The quantitative estimate of drug-likeness (QED) is 0.399. The maximum atomic E-state index is 12.4. The van der Waals surface area contributed by atoms with Crippen molar-refractivity contribution in [3.63, 3.8) is 0 Å². The third-order valence-electron chi connectivity index (χ3n) is 3.74. The summed E-state index contributed by atoms with van der Waals surface area (Å²) in [7, 11) is 0. The van der Waals surface area contributed by atoms with Crippen LogP contribution in [0.15, 0.2) is 66.0 Å². The molecule has 0 unspecified atom stereocenters. The molecule has 0 aliphatic heterocycles. The Hall–Kier alpha value is -2.87. The van der Waals surface area contributed by atoms with Crippen LogP contribution in [0.4, 0.5) is 8.78 Å². The first-order valence-corrected chi connectivity index (χ1v) is 9.54. The molecule has 0 aliphatic rings. The summed E-state index contributed by atoms with van der Waals surface area (Å²) >= 11 is 1.25. The minimum absolute atomic E-state index is 0.0702. The molecule has 0 saturated carbocycles. The lowest BCUT2D eigenvalue weighted by Crippen LogP contribution is -2.08. The van der Waals surface area contributed by atoms with Crippen LogP contribution >= 0.6 is 11.8 Å². The average molecular weight is 404 g/mol. The fourth-order valence-corrected chi connectivity index (χ4v) is 3.39. The van der Waals surface area contributed by atoms with E-state index in [1.807, 2.05) is 34.9 Å². The Morgan fingerprint density at radius 2 is 1.86 bits per heavy atom. The van der Waals surface area contributed by atoms with Crippen molar-refractivity contribution in [2.75, 3.05) is 12.4 Å². The van der Waals surface area contributed by atoms with E-state index >= 15 is 0 Å². The number of hydrogen-bond acceptors (Lipinski definition) is 5. The lowest BCUT2D eigenvalue weighted by molar-refractivity contribution is -0.139. The second kappa shape index (κ2) is 9.36. The zero-order valence-electron chi connectivity index (χ0n) is 15.0. The van der Waals surface area contributed by atoms with Gasteiger partial charge in [0.05, 0.1) is 24.3 Å². The third-order valence-corrected chi connectivity index (χ3v) is 4.67. The van der Waals surface area contributed by atoms with Crippen LogP contribution in [0.3, 0.4) is 0 Å². The molecular weight excluding hydrogens is 386 g/mol. The van der Waals surface area contributed by atoms with Crippen LogP contribution in [0.2, 0.25) is 0 Å². The van der Waals surface area contributed by atoms with E-state index in [1.54, 1.807) is 25.3 Å². The molecule has 0 bridgehead atoms. The largest absolute Gasteiger partial charge is 0.465 e. The van der Waals surface area contributed by atoms with Crippen molar-refractivity contribution in [1.29, 1.82) is 0 Å². The minimum atomic E-state index is -2.88. The molecule has 1 heterocycles. The number of halogens is 2. The highest BCUT2D eigenvalue weighted by Gasteiger charge is 2.16. The summed E-state index contributed by atoms with van der Waals surface area (Å²) in [5.74, 6) is -0.143. The Morgan fingerprint density at radius 1 is 1.14 bits per heavy atom. The van der Waals surface area contributed by atoms with Gasteiger partial charge in [0.1, 0.15) is 5.75 Å². The monoisotopic (exact) mass is 404 g/mol. The van der Waals surface area contributed by atoms with E-state index in [2.05, 4.69) is 9.72 Å². The molecule has 0 fully saturated rings. The minimum Gasteiger partial charge on any atom is -0.465 e. The van der Waals surface area contributed by atoms with Gasteiger partial charge in [-0.15, -0.1) is 0 Å². The van der Waals surface area contributed by atoms with Gasteiger partial charge in [-0.1, -0.05) is 42.1 Å². The first-order valence-electron chi connectivity index (χ1n) is 8.55. The van der Waals surface area contributed by atoms with E-state index in [0.717, 1.165) is 11.3 Å². The van der Waals surface area contributed by atoms with Gasteiger partial charge in [-0.05, 0) is 31.2 Å². The van der Waals surface area contributed by atoms with Crippen LogP contribution in [-0.2, 0) is 9.53 Å². The number of benzene rings is 2. The van der Waals surface area contributed by atoms with Crippen molar-refractivity contribution < 1.29 is 23.0 Å². The van der Waals surface area contributed by atoms with Crippen LogP contribution in [0.5, 0.6) is 5.75 Å². The number of thioether (sulfide) groups is 1. The number of nitrogens with zero attached hydrogens (tertiary/aromatic N) is 2. The molecule has 0 radical (unpaired) electrons. The van der Waals surface area contributed by atoms with Crippen LogP contribution < -0.4 is 4.74 Å². The van der Waals surface area contributed by atoms with Crippen molar-refractivity contribution in [3.8, 4) is 22.7 Å². The smallest absolute Gasteiger partial charge is 0.387 e. The molecule has 3 aromatic rings. The zero-order chi connectivity index (χ0) is 19.9. The van der Waals surface area contributed by atoms with Crippen molar-refractivity contribution in [2.24, 2.45) is 0 Å². The standard InChI is InChI=1S/C20H18F2N2O3S/c1-2-26-18(25)13-28-20-23-12-17(14-6-4-3-5-7-14)24(20)15-8-10-16(11-9-15)27-19(21)22/h3-12,19H,2,13H2,1H3. The van der Waals surface area contributed by atoms with Gasteiger partial charge in [-0.3, -0.25) is 9.36 Å². The number of aromatic nitrogens is 2. The molecule has 8 heteroatoms. The molecule has 3 rings (SSSR count). The van der Waals surface area contributed by atoms with E-state index < -0.39 is 6.61 Å². The topological polar surface area (TPSA) is 53.3 Å². The number of ether oxygens (including phenoxy) is 2. The SMILES string of the molecule is CCOC(=O)CSc1ncc(-c2ccccc2)n1-c1ccc(OC(F)F)cc1. The first kappa shape index (κ1) is 19.9. The normalized spacial score (nSPS) is 10.9. The second-order valence-electron chi connectivity index (χ2n) is 5.59. The Bertz CT molecular complexity index is 915. The summed E-state index contributed by atoms with van der Waals surface area (Å²) in [6, 6.07) is 15.9. The van der Waals surface area contributed by atoms with Crippen molar-refractivity contribution in [3.05, 3.63) is 60.8 Å². The van der Waals surface area contributed by atoms with E-state index in [-0.39, 0.29) is 17.5 Å². The summed E-state index contributed by atoms with van der Waals surface area (Å²) in [6.07, 6.45) is 1.71. The summed E-state index contributed by atoms with van der Waals surface area (Å²) < 4.78 is 36.0. The van der Waals surface area contributed by atoms with Crippen LogP contribution in [0.1, 0.15) is 6.92 Å². The third kappa shape index (κ3) is 4.89. The van der Waals surface area contributed by atoms with Crippen molar-refractivity contribution in [2.45, 2.75) is 18.7 Å². The molecule has 0 N–H and O–H groups in total. The maximum Gasteiger partial charge on any atom is 0.387 e. The number of alkyl halides is 2. The van der Waals surface area contributed by atoms with E-state index in [1.165, 1.54) is 23.9 Å². The predicted octanol–water partition coefficient (Wildman–Crippen LogP) is 4.80. The first-order chi connectivity index (χ1) is 13.6. The number of carbonyl (C=O) groups is 1. The average Bonchev–Trinajstić information content (AvgIpc) is 3.11. The predicted molar refractivity (Wildman–Crippen MR) is 103 cm³/mol. The summed E-state index contributed by atoms with van der Waals surface area (Å²) in [6.45, 7) is -0.816. The molecule has 1 aromatic heterocycles. The van der Waals surface area contributed by atoms with E-state index in [9.17, 15) is 13.6 Å². The number of hydrogen-bond donors (Lipinski definition) is 0. The summed E-state index contributed by atoms with van der Waals surface area (Å²) in [4.78, 5) is 16.2. The fraction of sp³-hybridized carbons (Fsp3) is 0.200. The highest BCUT2D eigenvalue weighted by molar-refractivity contribution is 7.99. The van der Waals surface area contributed by atoms with Gasteiger partial charge in [-0.25, -0.2) is 4.98 Å². The Morgan fingerprint density at radius 3 is 2.50 bits per heavy atom. The lowest BCUT2D eigenvalue weighted by Gasteiger charge is -2.13. The van der Waals surface area contributed by atoms with Crippen LogP contribution in [0.25, 0.3) is 16.9 Å². The zero-order valence-corrected chi connectivity index (χ0v) is 15.9. The van der Waals surface area contributed by atoms with E-state index in [0.29, 0.717) is 17.5 Å². The molecule has 0 spiro atoms. The molecule has 0 amide bonds. The van der Waals surface area contributed by atoms with Crippen molar-refractivity contribution in [1.82, 2.24) is 9.55 Å². The van der Waals surface area contributed by atoms with Gasteiger partial charge in [0.25, 0.3) is 0 Å². The number of carbonyl (C=O) groups excluding carboxylic acids is 1. The van der Waals surface area contributed by atoms with E-state index in [4.69, 9.17) is 4.74 Å². The van der Waals surface area contributed by atoms with Gasteiger partial charge in [0, 0.05) is 11.3 Å². The summed E-state index contributed by atoms with van der Waals surface area (Å²) in [5.41, 5.74) is 2.46. The fourth-order valence-electron chi connectivity index (χ4n) is 2.60. The summed E-state index contributed by atoms with van der Waals surface area (Å²) in [5, 5.41) is 0.592. The van der Waals surface area contributed by atoms with Gasteiger partial charge in [0.15, 0.2) is 5.16 Å². The molecular formula is C20H18F2N2O3S. The number of imidazole rings is 1. The Labute approximate surface area is 165 Å². The lowest BCUT2D eigenvalue weighted by atomic mass is 10.1. The van der Waals surface area contributed by atoms with Gasteiger partial charge in [0.2, 0.25) is 0 Å². The Balaban J connectivity index is 1.95. The molecule has 146 valence electrons. The molecule has 2 aromatic carbocycles. The maximum absolute atomic E-state index is 12.4. The molecule has 0 saturated heterocycles. The Kier molecular flexibility index (Phi) is 6.65. The second-order valence-corrected chi connectivity index (χ2v) is 6.54. The highest BCUT2D eigenvalue weighted by atomic mass is 32.2. The highest BCUT2D eigenvalue weighted by Crippen LogP contribution is 2.30. The molecule has 0 aliphatic carbocycles. The molecule has 28 heavy (non-hydrogen) atoms. The molecule has 0 atom stereocenters. The van der Waals surface area contributed by atoms with Gasteiger partial charge in [-0.2, -0.15) is 8.78 Å². The van der Waals surface area contributed by atoms with Crippen LogP contribution in [0, 0.1) is 0 Å².